The molecule has 2 rings (SSSR count). The third-order valence-corrected chi connectivity index (χ3v) is 6.66. The summed E-state index contributed by atoms with van der Waals surface area (Å²) < 4.78 is 21.7. The van der Waals surface area contributed by atoms with E-state index < -0.39 is 30.3 Å². The van der Waals surface area contributed by atoms with Gasteiger partial charge in [-0.3, -0.25) is 4.79 Å². The number of carbonyl (C=O) groups is 2. The van der Waals surface area contributed by atoms with E-state index in [2.05, 4.69) is 5.32 Å². The van der Waals surface area contributed by atoms with Crippen molar-refractivity contribution in [1.29, 1.82) is 0 Å². The molecule has 11 heteroatoms. The summed E-state index contributed by atoms with van der Waals surface area (Å²) in [4.78, 5) is 24.6. The number of aliphatic hydroxyl groups is 1. The normalized spacial score (nSPS) is 28.4. The lowest BCUT2D eigenvalue weighted by molar-refractivity contribution is -0.112. The van der Waals surface area contributed by atoms with Gasteiger partial charge in [0.1, 0.15) is 17.6 Å². The maximum atomic E-state index is 12.9. The second-order valence-corrected chi connectivity index (χ2v) is 9.79. The van der Waals surface area contributed by atoms with Crippen molar-refractivity contribution >= 4 is 23.8 Å². The molecule has 1 aliphatic rings. The third kappa shape index (κ3) is 8.10. The number of nitrogens with one attached hydrogen (secondary N) is 1. The van der Waals surface area contributed by atoms with Gasteiger partial charge in [-0.15, -0.1) is 0 Å². The van der Waals surface area contributed by atoms with E-state index in [1.54, 1.807) is 39.0 Å². The van der Waals surface area contributed by atoms with Crippen molar-refractivity contribution < 1.29 is 43.9 Å². The number of hydrogen-bond donors (Lipinski definition) is 5. The summed E-state index contributed by atoms with van der Waals surface area (Å²) >= 11 is 0. The average molecular weight is 561 g/mol. The molecule has 2 amide bonds. The summed E-state index contributed by atoms with van der Waals surface area (Å²) in [5, 5.41) is 35.3. The Morgan fingerprint density at radius 1 is 1.10 bits per heavy atom. The predicted molar refractivity (Wildman–Crippen MR) is 151 cm³/mol. The smallest absolute Gasteiger partial charge is 0.409 e. The minimum absolute atomic E-state index is 0.0205. The Balaban J connectivity index is 2.71. The zero-order chi connectivity index (χ0) is 30.1. The van der Waals surface area contributed by atoms with Crippen LogP contribution in [0.25, 0.3) is 6.08 Å². The molecule has 4 atom stereocenters. The lowest BCUT2D eigenvalue weighted by atomic mass is 9.89. The van der Waals surface area contributed by atoms with Crippen LogP contribution in [0.2, 0.25) is 0 Å². The fraction of sp³-hybridized carbons (Fsp3) is 0.448. The van der Waals surface area contributed by atoms with Gasteiger partial charge < -0.3 is 45.3 Å². The fourth-order valence-electron chi connectivity index (χ4n) is 4.51. The lowest BCUT2D eigenvalue weighted by Crippen LogP contribution is -2.34. The molecule has 40 heavy (non-hydrogen) atoms. The zero-order valence-corrected chi connectivity index (χ0v) is 24.0. The largest absolute Gasteiger partial charge is 0.505 e. The van der Waals surface area contributed by atoms with Crippen LogP contribution in [0.15, 0.2) is 46.8 Å². The molecule has 1 aliphatic heterocycles. The number of rotatable bonds is 4. The van der Waals surface area contributed by atoms with Crippen molar-refractivity contribution in [2.24, 2.45) is 11.7 Å². The van der Waals surface area contributed by atoms with E-state index in [1.165, 1.54) is 33.5 Å². The van der Waals surface area contributed by atoms with Crippen LogP contribution < -0.4 is 15.8 Å². The fourth-order valence-corrected chi connectivity index (χ4v) is 4.51. The Hall–Kier alpha value is -3.80. The number of primary amides is 1. The molecule has 11 nitrogen and oxygen atoms in total. The number of carbonyl (C=O) groups excluding carboxylic acids is 2. The molecule has 0 saturated carbocycles. The Morgan fingerprint density at radius 3 is 2.35 bits per heavy atom. The highest BCUT2D eigenvalue weighted by molar-refractivity contribution is 6.05. The summed E-state index contributed by atoms with van der Waals surface area (Å²) in [5.41, 5.74) is 7.03. The highest BCUT2D eigenvalue weighted by Crippen LogP contribution is 2.43. The number of phenolic OH excluding ortho intramolecular Hbond substituents is 2. The van der Waals surface area contributed by atoms with E-state index in [0.29, 0.717) is 17.6 Å². The first kappa shape index (κ1) is 32.4. The number of nitrogens with two attached hydrogens (primary N) is 1. The molecule has 0 saturated heterocycles. The molecule has 0 fully saturated rings. The zero-order valence-electron chi connectivity index (χ0n) is 24.0. The minimum Gasteiger partial charge on any atom is -0.505 e. The van der Waals surface area contributed by atoms with Gasteiger partial charge in [-0.1, -0.05) is 24.6 Å². The quantitative estimate of drug-likeness (QED) is 0.268. The molecule has 220 valence electrons. The Kier molecular flexibility index (Phi) is 11.8. The van der Waals surface area contributed by atoms with Gasteiger partial charge in [0.25, 0.3) is 5.91 Å². The van der Waals surface area contributed by atoms with Crippen LogP contribution in [0.1, 0.15) is 46.1 Å². The van der Waals surface area contributed by atoms with Gasteiger partial charge in [-0.25, -0.2) is 4.79 Å². The standard InChI is InChI=1S/C29H40N2O9/c1-15-11-19-25(34)20(14-21(32)27(19)39-7)31-28(35)16(2)9-8-10-22(37-5)26(40-29(30)36)18(4)13-17(3)24(33)23(12-15)38-6/h8-11,14,17,22-24,32-34H,12-13H2,1-7H3,(H2,30,36)(H,31,35)/b10-8-,15-11+,16-9+,26-18+/t17-,22-,23-,24+/m0/s1. The van der Waals surface area contributed by atoms with E-state index >= 15 is 0 Å². The van der Waals surface area contributed by atoms with Crippen LogP contribution in [-0.4, -0.2) is 67.0 Å². The van der Waals surface area contributed by atoms with Gasteiger partial charge >= 0.3 is 6.09 Å². The van der Waals surface area contributed by atoms with Crippen LogP contribution in [0.4, 0.5) is 10.5 Å². The first-order chi connectivity index (χ1) is 18.8. The van der Waals surface area contributed by atoms with Crippen molar-refractivity contribution in [3.8, 4) is 17.2 Å². The summed E-state index contributed by atoms with van der Waals surface area (Å²) in [6, 6.07) is 1.19. The summed E-state index contributed by atoms with van der Waals surface area (Å²) in [6.45, 7) is 6.92. The average Bonchev–Trinajstić information content (AvgIpc) is 2.90. The van der Waals surface area contributed by atoms with Gasteiger partial charge in [0.2, 0.25) is 0 Å². The second kappa shape index (κ2) is 14.5. The first-order valence-electron chi connectivity index (χ1n) is 12.7. The number of methoxy groups -OCH3 is 3. The lowest BCUT2D eigenvalue weighted by Gasteiger charge is -2.28. The maximum Gasteiger partial charge on any atom is 0.409 e. The number of anilines is 1. The molecule has 0 aromatic heterocycles. The number of amides is 2. The number of aromatic hydroxyl groups is 2. The van der Waals surface area contributed by atoms with Crippen molar-refractivity contribution in [1.82, 2.24) is 0 Å². The second-order valence-electron chi connectivity index (χ2n) is 9.79. The maximum absolute atomic E-state index is 12.9. The van der Waals surface area contributed by atoms with E-state index in [4.69, 9.17) is 24.7 Å². The molecule has 2 bridgehead atoms. The third-order valence-electron chi connectivity index (χ3n) is 6.66. The number of allylic oxidation sites excluding steroid dienone is 3. The Labute approximate surface area is 234 Å². The number of fused-ring (bicyclic) bond motifs is 2. The van der Waals surface area contributed by atoms with Crippen LogP contribution >= 0.6 is 0 Å². The molecule has 1 aromatic carbocycles. The van der Waals surface area contributed by atoms with Gasteiger partial charge in [-0.2, -0.15) is 0 Å². The number of aliphatic hydroxyl groups excluding tert-OH is 1. The van der Waals surface area contributed by atoms with Gasteiger partial charge in [0, 0.05) is 25.9 Å². The van der Waals surface area contributed by atoms with E-state index in [1.807, 2.05) is 6.92 Å². The molecule has 6 N–H and O–H groups in total. The molecule has 1 aromatic rings. The Bertz CT molecular complexity index is 1220. The summed E-state index contributed by atoms with van der Waals surface area (Å²) in [5.74, 6) is -1.28. The molecule has 0 unspecified atom stereocenters. The number of phenols is 2. The monoisotopic (exact) mass is 560 g/mol. The van der Waals surface area contributed by atoms with Gasteiger partial charge in [0.05, 0.1) is 30.6 Å². The topological polar surface area (TPSA) is 170 Å². The van der Waals surface area contributed by atoms with Crippen LogP contribution in [0.3, 0.4) is 0 Å². The first-order valence-corrected chi connectivity index (χ1v) is 12.7. The minimum atomic E-state index is -1.02. The van der Waals surface area contributed by atoms with Crippen LogP contribution in [0.5, 0.6) is 17.2 Å². The summed E-state index contributed by atoms with van der Waals surface area (Å²) in [7, 11) is 4.26. The Morgan fingerprint density at radius 2 is 1.77 bits per heavy atom. The molecule has 0 aliphatic carbocycles. The van der Waals surface area contributed by atoms with Crippen molar-refractivity contribution in [3.63, 3.8) is 0 Å². The van der Waals surface area contributed by atoms with Crippen molar-refractivity contribution in [2.75, 3.05) is 26.6 Å². The predicted octanol–water partition coefficient (Wildman–Crippen LogP) is 4.14. The highest BCUT2D eigenvalue weighted by atomic mass is 16.6. The summed E-state index contributed by atoms with van der Waals surface area (Å²) in [6.07, 6.45) is 3.41. The van der Waals surface area contributed by atoms with Crippen molar-refractivity contribution in [3.05, 3.63) is 52.3 Å². The highest BCUT2D eigenvalue weighted by Gasteiger charge is 2.28. The van der Waals surface area contributed by atoms with Gasteiger partial charge in [0.15, 0.2) is 11.5 Å². The molecular formula is C29H40N2O9. The molecule has 0 spiro atoms. The number of ether oxygens (including phenoxy) is 4. The van der Waals surface area contributed by atoms with E-state index in [9.17, 15) is 24.9 Å². The molecular weight excluding hydrogens is 520 g/mol. The van der Waals surface area contributed by atoms with Gasteiger partial charge in [-0.05, 0) is 57.3 Å². The van der Waals surface area contributed by atoms with Crippen molar-refractivity contribution in [2.45, 2.75) is 58.8 Å². The molecule has 1 heterocycles. The number of hydrogen-bond acceptors (Lipinski definition) is 9. The van der Waals surface area contributed by atoms with Crippen LogP contribution in [0, 0.1) is 5.92 Å². The van der Waals surface area contributed by atoms with Crippen LogP contribution in [-0.2, 0) is 19.0 Å². The van der Waals surface area contributed by atoms with E-state index in [0.717, 1.165) is 0 Å². The number of benzene rings is 1. The molecule has 0 radical (unpaired) electrons. The SMILES string of the molecule is COc1c(O)cc2c(O)c1/C=C(\C)C[C@H](OC)[C@H](O)[C@@H](C)C/C(C)=C(/OC(N)=O)[C@@H](OC)/C=C\C=C(/C)C(=O)N2. The van der Waals surface area contributed by atoms with E-state index in [-0.39, 0.29) is 52.2 Å².